The van der Waals surface area contributed by atoms with E-state index in [9.17, 15) is 19.5 Å². The fourth-order valence-electron chi connectivity index (χ4n) is 4.87. The fourth-order valence-corrected chi connectivity index (χ4v) is 4.87. The number of aromatic nitrogens is 3. The third-order valence-electron chi connectivity index (χ3n) is 6.83. The number of aryl methyl sites for hydroxylation is 1. The first-order valence-electron chi connectivity index (χ1n) is 12.6. The number of carbonyl (C=O) groups excluding carboxylic acids is 2. The van der Waals surface area contributed by atoms with E-state index in [1.807, 2.05) is 66.7 Å². The molecule has 1 saturated heterocycles. The van der Waals surface area contributed by atoms with Gasteiger partial charge in [-0.25, -0.2) is 14.5 Å². The summed E-state index contributed by atoms with van der Waals surface area (Å²) in [6.45, 7) is 2.80. The molecular weight excluding hydrogens is 496 g/mol. The summed E-state index contributed by atoms with van der Waals surface area (Å²) < 4.78 is 1.56. The van der Waals surface area contributed by atoms with E-state index in [0.717, 1.165) is 27.9 Å². The molecule has 198 valence electrons. The van der Waals surface area contributed by atoms with E-state index in [1.165, 1.54) is 4.90 Å². The summed E-state index contributed by atoms with van der Waals surface area (Å²) in [5.41, 5.74) is 10.5. The summed E-state index contributed by atoms with van der Waals surface area (Å²) in [6, 6.07) is 22.4. The number of hydrogen-bond acceptors (Lipinski definition) is 6. The van der Waals surface area contributed by atoms with Crippen molar-refractivity contribution in [3.05, 3.63) is 101 Å². The highest BCUT2D eigenvalue weighted by atomic mass is 16.4. The summed E-state index contributed by atoms with van der Waals surface area (Å²) in [5.74, 6) is -0.415. The van der Waals surface area contributed by atoms with Gasteiger partial charge in [0.05, 0.1) is 5.69 Å². The van der Waals surface area contributed by atoms with Gasteiger partial charge < -0.3 is 16.2 Å². The molecule has 4 aromatic rings. The van der Waals surface area contributed by atoms with Crippen molar-refractivity contribution in [1.82, 2.24) is 25.0 Å². The highest BCUT2D eigenvalue weighted by Crippen LogP contribution is 2.28. The molecule has 2 amide bonds. The standard InChI is InChI=1S/C29H28N6O4/c1-18-32-28(27(30)37)33-35(18)23-10-7-19(8-11-23)15-22-16-21(9-12-24(22)20-5-3-2-4-6-20)26(36)25-17-31-13-14-34(25)29(38)39/h2-12,16,25,31H,13-15,17H2,1H3,(H2,30,37)(H,38,39). The second-order valence-corrected chi connectivity index (χ2v) is 9.40. The summed E-state index contributed by atoms with van der Waals surface area (Å²) in [7, 11) is 0. The summed E-state index contributed by atoms with van der Waals surface area (Å²) in [4.78, 5) is 42.0. The number of Topliss-reactive ketones (excluding diaryl/α,β-unsaturated/α-hetero) is 1. The van der Waals surface area contributed by atoms with E-state index in [0.29, 0.717) is 24.4 Å². The second kappa shape index (κ2) is 10.9. The Balaban J connectivity index is 1.47. The molecule has 1 fully saturated rings. The van der Waals surface area contributed by atoms with Crippen LogP contribution < -0.4 is 11.1 Å². The topological polar surface area (TPSA) is 143 Å². The van der Waals surface area contributed by atoms with Crippen LogP contribution in [0.1, 0.15) is 37.9 Å². The highest BCUT2D eigenvalue weighted by molar-refractivity contribution is 6.02. The molecule has 0 saturated carbocycles. The zero-order chi connectivity index (χ0) is 27.5. The number of piperazine rings is 1. The molecule has 5 rings (SSSR count). The maximum atomic E-state index is 13.5. The van der Waals surface area contributed by atoms with Gasteiger partial charge in [-0.2, -0.15) is 0 Å². The van der Waals surface area contributed by atoms with Crippen LogP contribution in [0.15, 0.2) is 72.8 Å². The Morgan fingerprint density at radius 2 is 1.79 bits per heavy atom. The third kappa shape index (κ3) is 5.41. The van der Waals surface area contributed by atoms with Crippen molar-refractivity contribution in [3.8, 4) is 16.8 Å². The molecule has 4 N–H and O–H groups in total. The molecule has 10 heteroatoms. The number of primary amides is 1. The predicted octanol–water partition coefficient (Wildman–Crippen LogP) is 3.07. The Morgan fingerprint density at radius 1 is 1.05 bits per heavy atom. The van der Waals surface area contributed by atoms with Gasteiger partial charge in [-0.05, 0) is 53.8 Å². The van der Waals surface area contributed by atoms with E-state index in [1.54, 1.807) is 17.7 Å². The lowest BCUT2D eigenvalue weighted by atomic mass is 9.91. The number of rotatable bonds is 7. The normalized spacial score (nSPS) is 15.2. The Labute approximate surface area is 225 Å². The molecule has 0 spiro atoms. The van der Waals surface area contributed by atoms with Crippen LogP contribution in [0.3, 0.4) is 0 Å². The minimum atomic E-state index is -1.10. The number of nitrogens with one attached hydrogen (secondary N) is 1. The second-order valence-electron chi connectivity index (χ2n) is 9.40. The van der Waals surface area contributed by atoms with Gasteiger partial charge in [0.15, 0.2) is 5.78 Å². The number of amides is 2. The molecule has 3 aromatic carbocycles. The van der Waals surface area contributed by atoms with E-state index >= 15 is 0 Å². The van der Waals surface area contributed by atoms with E-state index in [2.05, 4.69) is 15.4 Å². The predicted molar refractivity (Wildman–Crippen MR) is 145 cm³/mol. The van der Waals surface area contributed by atoms with Crippen LogP contribution in [-0.4, -0.2) is 68.2 Å². The maximum absolute atomic E-state index is 13.5. The fraction of sp³-hybridized carbons (Fsp3) is 0.207. The highest BCUT2D eigenvalue weighted by Gasteiger charge is 2.32. The van der Waals surface area contributed by atoms with Gasteiger partial charge in [-0.3, -0.25) is 14.5 Å². The van der Waals surface area contributed by atoms with Crippen LogP contribution in [0.5, 0.6) is 0 Å². The number of hydrogen-bond donors (Lipinski definition) is 3. The Bertz CT molecular complexity index is 1530. The summed E-state index contributed by atoms with van der Waals surface area (Å²) >= 11 is 0. The van der Waals surface area contributed by atoms with Gasteiger partial charge in [-0.15, -0.1) is 5.10 Å². The molecule has 2 heterocycles. The number of nitrogens with zero attached hydrogens (tertiary/aromatic N) is 4. The van der Waals surface area contributed by atoms with Gasteiger partial charge in [-0.1, -0.05) is 54.6 Å². The molecule has 39 heavy (non-hydrogen) atoms. The smallest absolute Gasteiger partial charge is 0.408 e. The minimum absolute atomic E-state index is 0.0415. The average molecular weight is 525 g/mol. The van der Waals surface area contributed by atoms with Crippen molar-refractivity contribution in [3.63, 3.8) is 0 Å². The number of ketones is 1. The van der Waals surface area contributed by atoms with Crippen molar-refractivity contribution in [2.45, 2.75) is 19.4 Å². The van der Waals surface area contributed by atoms with Gasteiger partial charge in [0.25, 0.3) is 5.91 Å². The molecule has 1 aromatic heterocycles. The molecule has 1 aliphatic rings. The van der Waals surface area contributed by atoms with E-state index in [4.69, 9.17) is 5.73 Å². The first-order chi connectivity index (χ1) is 18.8. The number of nitrogens with two attached hydrogens (primary N) is 1. The summed E-state index contributed by atoms with van der Waals surface area (Å²) in [6.07, 6.45) is -0.554. The molecule has 10 nitrogen and oxygen atoms in total. The number of carbonyl (C=O) groups is 3. The van der Waals surface area contributed by atoms with Crippen LogP contribution in [0.25, 0.3) is 16.8 Å². The van der Waals surface area contributed by atoms with Crippen LogP contribution in [0.4, 0.5) is 4.79 Å². The SMILES string of the molecule is Cc1nc(C(N)=O)nn1-c1ccc(Cc2cc(C(=O)C3CNCCN3C(=O)O)ccc2-c2ccccc2)cc1. The van der Waals surface area contributed by atoms with Crippen molar-refractivity contribution in [1.29, 1.82) is 0 Å². The van der Waals surface area contributed by atoms with Crippen molar-refractivity contribution in [2.75, 3.05) is 19.6 Å². The lowest BCUT2D eigenvalue weighted by Crippen LogP contribution is -2.56. The molecule has 1 unspecified atom stereocenters. The Hall–Kier alpha value is -4.83. The quantitative estimate of drug-likeness (QED) is 0.315. The number of benzene rings is 3. The van der Waals surface area contributed by atoms with Crippen molar-refractivity contribution in [2.24, 2.45) is 5.73 Å². The molecule has 0 radical (unpaired) electrons. The Morgan fingerprint density at radius 3 is 2.46 bits per heavy atom. The lowest BCUT2D eigenvalue weighted by Gasteiger charge is -2.33. The lowest BCUT2D eigenvalue weighted by molar-refractivity contribution is 0.0741. The van der Waals surface area contributed by atoms with Crippen molar-refractivity contribution < 1.29 is 19.5 Å². The minimum Gasteiger partial charge on any atom is -0.465 e. The van der Waals surface area contributed by atoms with Crippen LogP contribution in [0.2, 0.25) is 0 Å². The zero-order valence-electron chi connectivity index (χ0n) is 21.4. The first-order valence-corrected chi connectivity index (χ1v) is 12.6. The average Bonchev–Trinajstić information content (AvgIpc) is 3.35. The van der Waals surface area contributed by atoms with Crippen LogP contribution >= 0.6 is 0 Å². The largest absolute Gasteiger partial charge is 0.465 e. The van der Waals surface area contributed by atoms with E-state index < -0.39 is 18.0 Å². The van der Waals surface area contributed by atoms with Gasteiger partial charge >= 0.3 is 6.09 Å². The summed E-state index contributed by atoms with van der Waals surface area (Å²) in [5, 5.41) is 16.9. The molecular formula is C29H28N6O4. The van der Waals surface area contributed by atoms with Crippen LogP contribution in [0, 0.1) is 6.92 Å². The van der Waals surface area contributed by atoms with Gasteiger partial charge in [0.1, 0.15) is 11.9 Å². The van der Waals surface area contributed by atoms with E-state index in [-0.39, 0.29) is 24.7 Å². The van der Waals surface area contributed by atoms with Gasteiger partial charge in [0, 0.05) is 25.2 Å². The molecule has 0 bridgehead atoms. The first kappa shape index (κ1) is 25.8. The molecule has 0 aliphatic carbocycles. The zero-order valence-corrected chi connectivity index (χ0v) is 21.4. The maximum Gasteiger partial charge on any atom is 0.408 e. The Kier molecular flexibility index (Phi) is 7.20. The molecule has 1 aliphatic heterocycles. The van der Waals surface area contributed by atoms with Gasteiger partial charge in [0.2, 0.25) is 5.82 Å². The van der Waals surface area contributed by atoms with Crippen molar-refractivity contribution >= 4 is 17.8 Å². The molecule has 1 atom stereocenters. The third-order valence-corrected chi connectivity index (χ3v) is 6.83. The van der Waals surface area contributed by atoms with Crippen LogP contribution in [-0.2, 0) is 6.42 Å². The monoisotopic (exact) mass is 524 g/mol. The number of carboxylic acid groups (broad SMARTS) is 1.